The van der Waals surface area contributed by atoms with Crippen LogP contribution < -0.4 is 19.5 Å². The van der Waals surface area contributed by atoms with E-state index in [1.807, 2.05) is 6.92 Å². The fraction of sp³-hybridized carbons (Fsp3) is 0.364. The van der Waals surface area contributed by atoms with Gasteiger partial charge in [-0.15, -0.1) is 0 Å². The highest BCUT2D eigenvalue weighted by atomic mass is 16.6. The highest BCUT2D eigenvalue weighted by molar-refractivity contribution is 5.70. The number of hydrogen-bond donors (Lipinski definition) is 1. The highest BCUT2D eigenvalue weighted by Gasteiger charge is 2.06. The van der Waals surface area contributed by atoms with Crippen molar-refractivity contribution in [3.05, 3.63) is 18.2 Å². The molecule has 1 aromatic rings. The molecule has 1 aromatic carbocycles. The Morgan fingerprint density at radius 3 is 2.06 bits per heavy atom. The van der Waals surface area contributed by atoms with Crippen LogP contribution in [-0.4, -0.2) is 26.9 Å². The monoisotopic (exact) mass is 225 g/mol. The van der Waals surface area contributed by atoms with E-state index < -0.39 is 6.09 Å². The van der Waals surface area contributed by atoms with Crippen LogP contribution in [0.25, 0.3) is 0 Å². The van der Waals surface area contributed by atoms with Gasteiger partial charge in [0.15, 0.2) is 0 Å². The van der Waals surface area contributed by atoms with Crippen molar-refractivity contribution in [3.8, 4) is 17.2 Å². The Kier molecular flexibility index (Phi) is 4.44. The molecular weight excluding hydrogens is 210 g/mol. The number of carbonyl (C=O) groups is 1. The average molecular weight is 225 g/mol. The molecule has 0 atom stereocenters. The van der Waals surface area contributed by atoms with E-state index in [1.54, 1.807) is 18.2 Å². The molecule has 0 aromatic heterocycles. The van der Waals surface area contributed by atoms with Gasteiger partial charge in [-0.25, -0.2) is 4.79 Å². The molecule has 88 valence electrons. The molecule has 1 amide bonds. The Hall–Kier alpha value is -1.91. The number of rotatable bonds is 4. The van der Waals surface area contributed by atoms with Crippen molar-refractivity contribution < 1.29 is 19.0 Å². The van der Waals surface area contributed by atoms with Crippen molar-refractivity contribution in [1.82, 2.24) is 5.32 Å². The van der Waals surface area contributed by atoms with E-state index in [4.69, 9.17) is 14.2 Å². The number of carbonyl (C=O) groups excluding carboxylic acids is 1. The lowest BCUT2D eigenvalue weighted by Crippen LogP contribution is -2.26. The van der Waals surface area contributed by atoms with E-state index in [-0.39, 0.29) is 0 Å². The molecule has 0 bridgehead atoms. The van der Waals surface area contributed by atoms with Gasteiger partial charge in [-0.1, -0.05) is 0 Å². The van der Waals surface area contributed by atoms with Crippen molar-refractivity contribution in [2.75, 3.05) is 20.8 Å². The topological polar surface area (TPSA) is 56.8 Å². The van der Waals surface area contributed by atoms with Crippen LogP contribution in [0, 0.1) is 0 Å². The lowest BCUT2D eigenvalue weighted by molar-refractivity contribution is 0.201. The van der Waals surface area contributed by atoms with Gasteiger partial charge in [0.2, 0.25) is 0 Å². The molecule has 1 rings (SSSR count). The van der Waals surface area contributed by atoms with Crippen molar-refractivity contribution in [3.63, 3.8) is 0 Å². The van der Waals surface area contributed by atoms with E-state index in [1.165, 1.54) is 14.2 Å². The molecule has 0 radical (unpaired) electrons. The molecule has 0 aliphatic rings. The van der Waals surface area contributed by atoms with Crippen LogP contribution in [0.15, 0.2) is 18.2 Å². The largest absolute Gasteiger partial charge is 0.496 e. The van der Waals surface area contributed by atoms with Crippen LogP contribution in [0.2, 0.25) is 0 Å². The molecule has 0 unspecified atom stereocenters. The highest BCUT2D eigenvalue weighted by Crippen LogP contribution is 2.27. The first-order chi connectivity index (χ1) is 7.69. The molecule has 0 heterocycles. The maximum absolute atomic E-state index is 11.2. The van der Waals surface area contributed by atoms with Gasteiger partial charge in [0.25, 0.3) is 0 Å². The Labute approximate surface area is 94.3 Å². The standard InChI is InChI=1S/C11H15NO4/c1-4-12-11(13)16-10-6-8(14-2)5-9(7-10)15-3/h5-7H,4H2,1-3H3,(H,12,13). The van der Waals surface area contributed by atoms with Gasteiger partial charge >= 0.3 is 6.09 Å². The molecule has 1 N–H and O–H groups in total. The molecule has 0 fully saturated rings. The summed E-state index contributed by atoms with van der Waals surface area (Å²) in [4.78, 5) is 11.2. The third-order valence-electron chi connectivity index (χ3n) is 1.86. The quantitative estimate of drug-likeness (QED) is 0.849. The second-order valence-corrected chi connectivity index (χ2v) is 2.97. The van der Waals surface area contributed by atoms with Crippen molar-refractivity contribution in [2.24, 2.45) is 0 Å². The summed E-state index contributed by atoms with van der Waals surface area (Å²) < 4.78 is 15.1. The molecule has 16 heavy (non-hydrogen) atoms. The minimum atomic E-state index is -0.502. The summed E-state index contributed by atoms with van der Waals surface area (Å²) in [7, 11) is 3.06. The maximum atomic E-state index is 11.2. The summed E-state index contributed by atoms with van der Waals surface area (Å²) in [5, 5.41) is 2.53. The first kappa shape index (κ1) is 12.2. The minimum absolute atomic E-state index is 0.377. The normalized spacial score (nSPS) is 9.44. The van der Waals surface area contributed by atoms with Crippen LogP contribution >= 0.6 is 0 Å². The number of benzene rings is 1. The number of hydrogen-bond acceptors (Lipinski definition) is 4. The molecule has 5 nitrogen and oxygen atoms in total. The summed E-state index contributed by atoms with van der Waals surface area (Å²) in [5.74, 6) is 1.51. The fourth-order valence-corrected chi connectivity index (χ4v) is 1.13. The summed E-state index contributed by atoms with van der Waals surface area (Å²) in [6.45, 7) is 2.33. The van der Waals surface area contributed by atoms with Crippen molar-refractivity contribution in [2.45, 2.75) is 6.92 Å². The molecule has 0 aliphatic carbocycles. The molecular formula is C11H15NO4. The van der Waals surface area contributed by atoms with E-state index in [9.17, 15) is 4.79 Å². The number of ether oxygens (including phenoxy) is 3. The van der Waals surface area contributed by atoms with E-state index in [0.717, 1.165) is 0 Å². The smallest absolute Gasteiger partial charge is 0.412 e. The van der Waals surface area contributed by atoms with Gasteiger partial charge in [0.1, 0.15) is 17.2 Å². The van der Waals surface area contributed by atoms with Crippen LogP contribution in [0.1, 0.15) is 6.92 Å². The number of nitrogens with one attached hydrogen (secondary N) is 1. The Balaban J connectivity index is 2.82. The summed E-state index contributed by atoms with van der Waals surface area (Å²) in [6, 6.07) is 4.92. The van der Waals surface area contributed by atoms with Gasteiger partial charge < -0.3 is 19.5 Å². The summed E-state index contributed by atoms with van der Waals surface area (Å²) in [6.07, 6.45) is -0.502. The Morgan fingerprint density at radius 2 is 1.62 bits per heavy atom. The number of amides is 1. The van der Waals surface area contributed by atoms with Crippen LogP contribution in [0.5, 0.6) is 17.2 Å². The first-order valence-electron chi connectivity index (χ1n) is 4.88. The maximum Gasteiger partial charge on any atom is 0.412 e. The molecule has 0 spiro atoms. The lowest BCUT2D eigenvalue weighted by atomic mass is 10.3. The second kappa shape index (κ2) is 5.85. The second-order valence-electron chi connectivity index (χ2n) is 2.97. The lowest BCUT2D eigenvalue weighted by Gasteiger charge is -2.08. The van der Waals surface area contributed by atoms with Crippen LogP contribution in [-0.2, 0) is 0 Å². The predicted octanol–water partition coefficient (Wildman–Crippen LogP) is 1.81. The zero-order valence-corrected chi connectivity index (χ0v) is 9.57. The van der Waals surface area contributed by atoms with Crippen LogP contribution in [0.3, 0.4) is 0 Å². The Bertz CT molecular complexity index is 343. The van der Waals surface area contributed by atoms with Gasteiger partial charge in [-0.05, 0) is 6.92 Å². The predicted molar refractivity (Wildman–Crippen MR) is 59.2 cm³/mol. The minimum Gasteiger partial charge on any atom is -0.496 e. The third-order valence-corrected chi connectivity index (χ3v) is 1.86. The van der Waals surface area contributed by atoms with Gasteiger partial charge in [-0.3, -0.25) is 0 Å². The van der Waals surface area contributed by atoms with Crippen LogP contribution in [0.4, 0.5) is 4.79 Å². The summed E-state index contributed by atoms with van der Waals surface area (Å²) >= 11 is 0. The first-order valence-corrected chi connectivity index (χ1v) is 4.88. The molecule has 0 saturated carbocycles. The van der Waals surface area contributed by atoms with E-state index in [0.29, 0.717) is 23.8 Å². The molecule has 0 aliphatic heterocycles. The third kappa shape index (κ3) is 3.34. The molecule has 0 saturated heterocycles. The fourth-order valence-electron chi connectivity index (χ4n) is 1.13. The van der Waals surface area contributed by atoms with Crippen molar-refractivity contribution in [1.29, 1.82) is 0 Å². The molecule has 5 heteroatoms. The average Bonchev–Trinajstić information content (AvgIpc) is 2.28. The summed E-state index contributed by atoms with van der Waals surface area (Å²) in [5.41, 5.74) is 0. The van der Waals surface area contributed by atoms with Gasteiger partial charge in [0.05, 0.1) is 14.2 Å². The van der Waals surface area contributed by atoms with E-state index >= 15 is 0 Å². The SMILES string of the molecule is CCNC(=O)Oc1cc(OC)cc(OC)c1. The van der Waals surface area contributed by atoms with Gasteiger partial charge in [-0.2, -0.15) is 0 Å². The van der Waals surface area contributed by atoms with Gasteiger partial charge in [0, 0.05) is 24.7 Å². The zero-order valence-electron chi connectivity index (χ0n) is 9.57. The Morgan fingerprint density at radius 1 is 1.12 bits per heavy atom. The zero-order chi connectivity index (χ0) is 12.0. The van der Waals surface area contributed by atoms with Crippen molar-refractivity contribution >= 4 is 6.09 Å². The number of methoxy groups -OCH3 is 2. The van der Waals surface area contributed by atoms with E-state index in [2.05, 4.69) is 5.32 Å².